The van der Waals surface area contributed by atoms with Gasteiger partial charge in [-0.25, -0.2) is 12.8 Å². The first-order chi connectivity index (χ1) is 22.7. The molecule has 1 unspecified atom stereocenters. The van der Waals surface area contributed by atoms with Gasteiger partial charge < -0.3 is 28.9 Å². The molecule has 0 aliphatic carbocycles. The molecule has 0 saturated heterocycles. The normalized spacial score (nSPS) is 14.3. The molecule has 49 heavy (non-hydrogen) atoms. The molecule has 1 aliphatic rings. The van der Waals surface area contributed by atoms with E-state index in [0.717, 1.165) is 31.6 Å². The van der Waals surface area contributed by atoms with Gasteiger partial charge >= 0.3 is 6.18 Å². The highest BCUT2D eigenvalue weighted by Gasteiger charge is 2.40. The highest BCUT2D eigenvalue weighted by molar-refractivity contribution is 7.90. The number of ether oxygens (including phenoxy) is 3. The second-order valence-corrected chi connectivity index (χ2v) is 20.1. The molecule has 0 radical (unpaired) electrons. The van der Waals surface area contributed by atoms with E-state index in [9.17, 15) is 30.8 Å². The van der Waals surface area contributed by atoms with E-state index in [1.807, 2.05) is 0 Å². The molecule has 268 valence electrons. The van der Waals surface area contributed by atoms with Crippen molar-refractivity contribution in [2.75, 3.05) is 50.5 Å². The fourth-order valence-electron chi connectivity index (χ4n) is 5.15. The monoisotopic (exact) mass is 726 g/mol. The lowest BCUT2D eigenvalue weighted by atomic mass is 10.0. The van der Waals surface area contributed by atoms with Crippen molar-refractivity contribution in [1.29, 1.82) is 0 Å². The molecule has 1 aliphatic heterocycles. The Labute approximate surface area is 285 Å². The van der Waals surface area contributed by atoms with E-state index in [0.29, 0.717) is 5.56 Å². The van der Waals surface area contributed by atoms with Crippen LogP contribution in [-0.4, -0.2) is 62.9 Å². The van der Waals surface area contributed by atoms with E-state index in [4.69, 9.17) is 18.6 Å². The number of alkyl halides is 3. The summed E-state index contributed by atoms with van der Waals surface area (Å²) in [5, 5.41) is 2.97. The first-order valence-corrected chi connectivity index (χ1v) is 20.3. The van der Waals surface area contributed by atoms with Crippen molar-refractivity contribution in [3.63, 3.8) is 0 Å². The van der Waals surface area contributed by atoms with E-state index in [1.54, 1.807) is 0 Å². The fraction of sp³-hybridized carbons (Fsp3) is 0.441. The van der Waals surface area contributed by atoms with Crippen molar-refractivity contribution in [3.8, 4) is 17.2 Å². The third-order valence-corrected chi connectivity index (χ3v) is 14.5. The predicted molar refractivity (Wildman–Crippen MR) is 182 cm³/mol. The number of sulfone groups is 1. The molecule has 3 aromatic rings. The number of hydrogen-bond donors (Lipinski definition) is 1. The lowest BCUT2D eigenvalue weighted by Gasteiger charge is -2.36. The Hall–Kier alpha value is -3.82. The Morgan fingerprint density at radius 1 is 0.980 bits per heavy atom. The maximum atomic E-state index is 14.7. The van der Waals surface area contributed by atoms with Gasteiger partial charge in [0, 0.05) is 41.9 Å². The Balaban J connectivity index is 1.79. The summed E-state index contributed by atoms with van der Waals surface area (Å²) in [5.74, 6) is -1.53. The van der Waals surface area contributed by atoms with Gasteiger partial charge in [-0.15, -0.1) is 0 Å². The molecule has 0 spiro atoms. The molecule has 4 rings (SSSR count). The van der Waals surface area contributed by atoms with Crippen LogP contribution >= 0.6 is 0 Å². The number of amides is 1. The number of nitrogens with one attached hydrogen (secondary N) is 1. The maximum Gasteiger partial charge on any atom is 0.420 e. The summed E-state index contributed by atoms with van der Waals surface area (Å²) in [6.07, 6.45) is -3.50. The summed E-state index contributed by atoms with van der Waals surface area (Å²) in [5.41, 5.74) is -0.216. The van der Waals surface area contributed by atoms with Crippen molar-refractivity contribution < 1.29 is 49.4 Å². The predicted octanol–water partition coefficient (Wildman–Crippen LogP) is 7.41. The number of methoxy groups -OCH3 is 2. The molecule has 1 atom stereocenters. The molecule has 3 aromatic carbocycles. The molecular weight excluding hydrogens is 685 g/mol. The Morgan fingerprint density at radius 2 is 1.67 bits per heavy atom. The summed E-state index contributed by atoms with van der Waals surface area (Å²) in [6.45, 7) is 10.7. The molecule has 9 nitrogen and oxygen atoms in total. The van der Waals surface area contributed by atoms with Gasteiger partial charge in [-0.3, -0.25) is 4.79 Å². The van der Waals surface area contributed by atoms with Crippen LogP contribution in [0.15, 0.2) is 53.4 Å². The van der Waals surface area contributed by atoms with Gasteiger partial charge in [0.2, 0.25) is 0 Å². The van der Waals surface area contributed by atoms with Crippen molar-refractivity contribution in [1.82, 2.24) is 0 Å². The van der Waals surface area contributed by atoms with Gasteiger partial charge in [0.05, 0.1) is 31.3 Å². The summed E-state index contributed by atoms with van der Waals surface area (Å²) in [4.78, 5) is 15.6. The average molecular weight is 727 g/mol. The minimum Gasteiger partial charge on any atom is -0.497 e. The number of nitrogens with zero attached hydrogens (tertiary/aromatic N) is 1. The van der Waals surface area contributed by atoms with E-state index >= 15 is 0 Å². The zero-order valence-electron chi connectivity index (χ0n) is 28.7. The number of fused-ring (bicyclic) bond motifs is 1. The summed E-state index contributed by atoms with van der Waals surface area (Å²) >= 11 is 0. The molecule has 15 heteroatoms. The first-order valence-electron chi connectivity index (χ1n) is 15.5. The van der Waals surface area contributed by atoms with Crippen molar-refractivity contribution in [2.45, 2.75) is 62.4 Å². The van der Waals surface area contributed by atoms with Gasteiger partial charge in [0.1, 0.15) is 35.7 Å². The minimum absolute atomic E-state index is 0.000969. The van der Waals surface area contributed by atoms with Crippen LogP contribution in [0.3, 0.4) is 0 Å². The number of carbonyl (C=O) groups is 1. The molecular formula is C34H42F4N2O7SSi. The third-order valence-electron chi connectivity index (χ3n) is 8.87. The summed E-state index contributed by atoms with van der Waals surface area (Å²) < 4.78 is 104. The van der Waals surface area contributed by atoms with Gasteiger partial charge in [0.25, 0.3) is 5.91 Å². The molecule has 0 bridgehead atoms. The Bertz CT molecular complexity index is 1810. The highest BCUT2D eigenvalue weighted by Crippen LogP contribution is 2.44. The van der Waals surface area contributed by atoms with Crippen LogP contribution in [-0.2, 0) is 31.7 Å². The van der Waals surface area contributed by atoms with Gasteiger partial charge in [-0.2, -0.15) is 13.2 Å². The maximum absolute atomic E-state index is 14.7. The van der Waals surface area contributed by atoms with Crippen LogP contribution in [0.4, 0.5) is 28.9 Å². The lowest BCUT2D eigenvalue weighted by Crippen LogP contribution is -2.41. The van der Waals surface area contributed by atoms with Gasteiger partial charge in [-0.1, -0.05) is 20.8 Å². The second kappa shape index (κ2) is 14.2. The van der Waals surface area contributed by atoms with Crippen LogP contribution in [0.25, 0.3) is 0 Å². The summed E-state index contributed by atoms with van der Waals surface area (Å²) in [7, 11) is -3.39. The van der Waals surface area contributed by atoms with Crippen LogP contribution < -0.4 is 24.4 Å². The second-order valence-electron chi connectivity index (χ2n) is 13.3. The van der Waals surface area contributed by atoms with Crippen LogP contribution in [0.2, 0.25) is 18.1 Å². The first kappa shape index (κ1) is 38.0. The zero-order chi connectivity index (χ0) is 36.5. The molecule has 1 amide bonds. The van der Waals surface area contributed by atoms with Gasteiger partial charge in [-0.05, 0) is 66.5 Å². The van der Waals surface area contributed by atoms with E-state index in [1.165, 1.54) is 42.3 Å². The largest absolute Gasteiger partial charge is 0.497 e. The van der Waals surface area contributed by atoms with E-state index in [-0.39, 0.29) is 70.3 Å². The molecule has 1 heterocycles. The van der Waals surface area contributed by atoms with Crippen LogP contribution in [0.1, 0.15) is 43.5 Å². The SMILES string of the molecule is COc1cc(NC(C(=O)N2CCc3cc(OC)c(C(F)(F)F)cc32)c2ccc(F)cc2OCCO[Si](C)(C)C(C)(C)C)cc(S(C)(=O)=O)c1. The number of hydrogen-bond acceptors (Lipinski definition) is 8. The molecule has 0 fully saturated rings. The zero-order valence-corrected chi connectivity index (χ0v) is 30.6. The average Bonchev–Trinajstić information content (AvgIpc) is 3.42. The number of carbonyl (C=O) groups excluding carboxylic acids is 1. The highest BCUT2D eigenvalue weighted by atomic mass is 32.2. The van der Waals surface area contributed by atoms with Crippen molar-refractivity contribution in [2.24, 2.45) is 0 Å². The van der Waals surface area contributed by atoms with Crippen LogP contribution in [0.5, 0.6) is 17.2 Å². The lowest BCUT2D eigenvalue weighted by molar-refractivity contribution is -0.138. The Kier molecular flexibility index (Phi) is 11.0. The summed E-state index contributed by atoms with van der Waals surface area (Å²) in [6, 6.07) is 8.45. The third kappa shape index (κ3) is 8.68. The minimum atomic E-state index is -4.76. The fourth-order valence-corrected chi connectivity index (χ4v) is 6.85. The number of benzene rings is 3. The van der Waals surface area contributed by atoms with E-state index in [2.05, 4.69) is 39.2 Å². The van der Waals surface area contributed by atoms with Crippen molar-refractivity contribution >= 4 is 35.4 Å². The Morgan fingerprint density at radius 3 is 2.27 bits per heavy atom. The quantitative estimate of drug-likeness (QED) is 0.117. The van der Waals surface area contributed by atoms with E-state index < -0.39 is 47.7 Å². The number of rotatable bonds is 12. The topological polar surface area (TPSA) is 103 Å². The molecule has 1 N–H and O–H groups in total. The van der Waals surface area contributed by atoms with Gasteiger partial charge in [0.15, 0.2) is 18.2 Å². The molecule has 0 aromatic heterocycles. The number of anilines is 2. The number of halogens is 4. The standard InChI is InChI=1S/C34H42F4N2O7SSi/c1-33(2,3)49(7,8)47-14-13-46-29-16-22(35)9-10-26(29)31(39-23-17-24(44-4)19-25(18-23)48(6,42)43)32(41)40-12-11-21-15-30(45-5)27(20-28(21)40)34(36,37)38/h9-10,15-20,31,39H,11-14H2,1-8H3. The van der Waals surface area contributed by atoms with Crippen molar-refractivity contribution in [3.05, 3.63) is 71.0 Å². The van der Waals surface area contributed by atoms with Crippen LogP contribution in [0, 0.1) is 5.82 Å². The smallest absolute Gasteiger partial charge is 0.420 e. The molecule has 0 saturated carbocycles.